The molecular formula is C17H15N5O2. The first-order chi connectivity index (χ1) is 11.7. The molecule has 0 aliphatic rings. The lowest BCUT2D eigenvalue weighted by Gasteiger charge is -2.08. The second-order valence-corrected chi connectivity index (χ2v) is 4.90. The first-order valence-corrected chi connectivity index (χ1v) is 7.23. The number of anilines is 3. The normalized spacial score (nSPS) is 10.2. The Labute approximate surface area is 138 Å². The summed E-state index contributed by atoms with van der Waals surface area (Å²) in [5.74, 6) is 1.47. The lowest BCUT2D eigenvalue weighted by molar-refractivity contribution is 0.112. The number of hydrogen-bond donors (Lipinski definition) is 2. The molecule has 2 aromatic carbocycles. The van der Waals surface area contributed by atoms with Crippen LogP contribution in [-0.2, 0) is 6.61 Å². The number of aldehydes is 1. The molecule has 24 heavy (non-hydrogen) atoms. The maximum Gasteiger partial charge on any atom is 0.232 e. The van der Waals surface area contributed by atoms with Gasteiger partial charge in [-0.3, -0.25) is 4.79 Å². The lowest BCUT2D eigenvalue weighted by atomic mass is 10.2. The summed E-state index contributed by atoms with van der Waals surface area (Å²) in [6.07, 6.45) is 0.776. The van der Waals surface area contributed by atoms with Crippen LogP contribution in [0, 0.1) is 0 Å². The fourth-order valence-electron chi connectivity index (χ4n) is 2.00. The van der Waals surface area contributed by atoms with Crippen LogP contribution in [0.1, 0.15) is 16.2 Å². The van der Waals surface area contributed by atoms with E-state index in [1.807, 2.05) is 30.3 Å². The van der Waals surface area contributed by atoms with Gasteiger partial charge in [0.25, 0.3) is 0 Å². The number of rotatable bonds is 6. The van der Waals surface area contributed by atoms with E-state index in [2.05, 4.69) is 20.3 Å². The van der Waals surface area contributed by atoms with Crippen LogP contribution in [0.4, 0.5) is 17.6 Å². The fourth-order valence-corrected chi connectivity index (χ4v) is 2.00. The average Bonchev–Trinajstić information content (AvgIpc) is 2.61. The Balaban J connectivity index is 1.70. The number of aromatic nitrogens is 3. The molecule has 0 aliphatic carbocycles. The van der Waals surface area contributed by atoms with Gasteiger partial charge in [0.05, 0.1) is 0 Å². The van der Waals surface area contributed by atoms with Gasteiger partial charge in [0, 0.05) is 11.3 Å². The number of carbonyl (C=O) groups excluding carboxylic acids is 1. The summed E-state index contributed by atoms with van der Waals surface area (Å²) in [7, 11) is 0. The molecule has 7 heteroatoms. The van der Waals surface area contributed by atoms with Gasteiger partial charge in [0.1, 0.15) is 18.6 Å². The number of ether oxygens (including phenoxy) is 1. The first-order valence-electron chi connectivity index (χ1n) is 7.23. The molecule has 3 N–H and O–H groups in total. The van der Waals surface area contributed by atoms with E-state index in [-0.39, 0.29) is 12.6 Å². The maximum atomic E-state index is 10.6. The highest BCUT2D eigenvalue weighted by Gasteiger charge is 2.06. The molecule has 0 atom stereocenters. The minimum absolute atomic E-state index is 0.110. The third-order valence-corrected chi connectivity index (χ3v) is 3.11. The van der Waals surface area contributed by atoms with E-state index in [0.717, 1.165) is 12.0 Å². The van der Waals surface area contributed by atoms with Crippen molar-refractivity contribution >= 4 is 23.9 Å². The van der Waals surface area contributed by atoms with Crippen molar-refractivity contribution in [1.82, 2.24) is 15.0 Å². The second kappa shape index (κ2) is 7.19. The van der Waals surface area contributed by atoms with Crippen molar-refractivity contribution in [1.29, 1.82) is 0 Å². The molecular weight excluding hydrogens is 306 g/mol. The summed E-state index contributed by atoms with van der Waals surface area (Å²) in [6.45, 7) is 0.136. The molecule has 120 valence electrons. The summed E-state index contributed by atoms with van der Waals surface area (Å²) in [5.41, 5.74) is 7.15. The van der Waals surface area contributed by atoms with Crippen LogP contribution in [0.3, 0.4) is 0 Å². The predicted molar refractivity (Wildman–Crippen MR) is 90.1 cm³/mol. The Hall–Kier alpha value is -3.48. The monoisotopic (exact) mass is 321 g/mol. The SMILES string of the molecule is Nc1nc(COc2ccc(C=O)cc2)nc(Nc2ccccc2)n1. The zero-order chi connectivity index (χ0) is 16.8. The van der Waals surface area contributed by atoms with E-state index in [0.29, 0.717) is 23.1 Å². The molecule has 0 unspecified atom stereocenters. The molecule has 0 spiro atoms. The molecule has 0 aliphatic heterocycles. The number of nitrogen functional groups attached to an aromatic ring is 1. The topological polar surface area (TPSA) is 103 Å². The van der Waals surface area contributed by atoms with Crippen LogP contribution in [0.15, 0.2) is 54.6 Å². The molecule has 7 nitrogen and oxygen atoms in total. The molecule has 3 aromatic rings. The van der Waals surface area contributed by atoms with Gasteiger partial charge >= 0.3 is 0 Å². The van der Waals surface area contributed by atoms with Gasteiger partial charge in [-0.05, 0) is 36.4 Å². The summed E-state index contributed by atoms with van der Waals surface area (Å²) in [4.78, 5) is 23.0. The van der Waals surface area contributed by atoms with Crippen LogP contribution in [-0.4, -0.2) is 21.2 Å². The predicted octanol–water partition coefficient (Wildman–Crippen LogP) is 2.59. The summed E-state index contributed by atoms with van der Waals surface area (Å²) in [5, 5.41) is 3.06. The number of nitrogens with two attached hydrogens (primary N) is 1. The zero-order valence-corrected chi connectivity index (χ0v) is 12.7. The zero-order valence-electron chi connectivity index (χ0n) is 12.7. The number of benzene rings is 2. The highest BCUT2D eigenvalue weighted by molar-refractivity contribution is 5.74. The van der Waals surface area contributed by atoms with Crippen molar-refractivity contribution in [3.05, 3.63) is 66.0 Å². The van der Waals surface area contributed by atoms with Gasteiger partial charge in [0.15, 0.2) is 5.82 Å². The number of nitrogens with zero attached hydrogens (tertiary/aromatic N) is 3. The van der Waals surface area contributed by atoms with Gasteiger partial charge in [-0.2, -0.15) is 15.0 Å². The van der Waals surface area contributed by atoms with E-state index < -0.39 is 0 Å². The molecule has 0 fully saturated rings. The van der Waals surface area contributed by atoms with Gasteiger partial charge in [-0.15, -0.1) is 0 Å². The molecule has 0 amide bonds. The number of para-hydroxylation sites is 1. The van der Waals surface area contributed by atoms with Crippen molar-refractivity contribution < 1.29 is 9.53 Å². The third-order valence-electron chi connectivity index (χ3n) is 3.11. The Kier molecular flexibility index (Phi) is 4.62. The smallest absolute Gasteiger partial charge is 0.232 e. The van der Waals surface area contributed by atoms with Crippen molar-refractivity contribution in [3.63, 3.8) is 0 Å². The van der Waals surface area contributed by atoms with Gasteiger partial charge in [0.2, 0.25) is 11.9 Å². The minimum atomic E-state index is 0.110. The number of carbonyl (C=O) groups is 1. The minimum Gasteiger partial charge on any atom is -0.486 e. The molecule has 1 heterocycles. The quantitative estimate of drug-likeness (QED) is 0.672. The molecule has 1 aromatic heterocycles. The number of nitrogens with one attached hydrogen (secondary N) is 1. The van der Waals surface area contributed by atoms with Gasteiger partial charge < -0.3 is 15.8 Å². The molecule has 3 rings (SSSR count). The van der Waals surface area contributed by atoms with E-state index in [9.17, 15) is 4.79 Å². The van der Waals surface area contributed by atoms with E-state index in [1.54, 1.807) is 24.3 Å². The molecule has 0 saturated heterocycles. The maximum absolute atomic E-state index is 10.6. The largest absolute Gasteiger partial charge is 0.486 e. The Morgan fingerprint density at radius 1 is 1.00 bits per heavy atom. The van der Waals surface area contributed by atoms with E-state index in [4.69, 9.17) is 10.5 Å². The second-order valence-electron chi connectivity index (χ2n) is 4.90. The van der Waals surface area contributed by atoms with Crippen LogP contribution in [0.25, 0.3) is 0 Å². The third kappa shape index (κ3) is 4.04. The highest BCUT2D eigenvalue weighted by atomic mass is 16.5. The van der Waals surface area contributed by atoms with E-state index in [1.165, 1.54) is 0 Å². The first kappa shape index (κ1) is 15.4. The highest BCUT2D eigenvalue weighted by Crippen LogP contribution is 2.15. The summed E-state index contributed by atoms with van der Waals surface area (Å²) >= 11 is 0. The van der Waals surface area contributed by atoms with Crippen molar-refractivity contribution in [2.75, 3.05) is 11.1 Å². The summed E-state index contributed by atoms with van der Waals surface area (Å²) in [6, 6.07) is 16.3. The Morgan fingerprint density at radius 3 is 2.46 bits per heavy atom. The van der Waals surface area contributed by atoms with Crippen LogP contribution < -0.4 is 15.8 Å². The average molecular weight is 321 g/mol. The van der Waals surface area contributed by atoms with Crippen LogP contribution in [0.2, 0.25) is 0 Å². The molecule has 0 saturated carbocycles. The Bertz CT molecular complexity index is 822. The van der Waals surface area contributed by atoms with Crippen molar-refractivity contribution in [2.45, 2.75) is 6.61 Å². The number of hydrogen-bond acceptors (Lipinski definition) is 7. The summed E-state index contributed by atoms with van der Waals surface area (Å²) < 4.78 is 5.60. The van der Waals surface area contributed by atoms with Crippen LogP contribution >= 0.6 is 0 Å². The van der Waals surface area contributed by atoms with Crippen molar-refractivity contribution in [2.24, 2.45) is 0 Å². The fraction of sp³-hybridized carbons (Fsp3) is 0.0588. The van der Waals surface area contributed by atoms with Gasteiger partial charge in [-0.1, -0.05) is 18.2 Å². The Morgan fingerprint density at radius 2 is 1.75 bits per heavy atom. The molecule has 0 radical (unpaired) electrons. The van der Waals surface area contributed by atoms with E-state index >= 15 is 0 Å². The van der Waals surface area contributed by atoms with Crippen LogP contribution in [0.5, 0.6) is 5.75 Å². The molecule has 0 bridgehead atoms. The van der Waals surface area contributed by atoms with Gasteiger partial charge in [-0.25, -0.2) is 0 Å². The lowest BCUT2D eigenvalue weighted by Crippen LogP contribution is -2.09. The standard InChI is InChI=1S/C17H15N5O2/c18-16-20-15(11-24-14-8-6-12(10-23)7-9-14)21-17(22-16)19-13-4-2-1-3-5-13/h1-10H,11H2,(H3,18,19,20,21,22). The van der Waals surface area contributed by atoms with Crippen molar-refractivity contribution in [3.8, 4) is 5.75 Å².